The zero-order chi connectivity index (χ0) is 11.4. The van der Waals surface area contributed by atoms with Gasteiger partial charge in [-0.1, -0.05) is 37.3 Å². The van der Waals surface area contributed by atoms with Crippen LogP contribution in [-0.4, -0.2) is 37.6 Å². The van der Waals surface area contributed by atoms with Gasteiger partial charge in [-0.15, -0.1) is 12.4 Å². The number of hydrogen-bond acceptors (Lipinski definition) is 2. The summed E-state index contributed by atoms with van der Waals surface area (Å²) >= 11 is 0. The molecule has 0 aliphatic carbocycles. The molecule has 1 aliphatic rings. The predicted molar refractivity (Wildman–Crippen MR) is 76.0 cm³/mol. The molecule has 2 rings (SSSR count). The number of nitrogens with zero attached hydrogens (tertiary/aromatic N) is 1. The van der Waals surface area contributed by atoms with Crippen LogP contribution in [0.4, 0.5) is 0 Å². The zero-order valence-electron chi connectivity index (χ0n) is 10.7. The van der Waals surface area contributed by atoms with E-state index in [1.165, 1.54) is 18.5 Å². The summed E-state index contributed by atoms with van der Waals surface area (Å²) in [5.41, 5.74) is 1.44. The van der Waals surface area contributed by atoms with E-state index in [9.17, 15) is 0 Å². The molecule has 1 aromatic rings. The summed E-state index contributed by atoms with van der Waals surface area (Å²) in [6.45, 7) is 5.79. The van der Waals surface area contributed by atoms with Crippen molar-refractivity contribution in [1.82, 2.24) is 10.2 Å². The Labute approximate surface area is 111 Å². The Bertz CT molecular complexity index is 309. The summed E-state index contributed by atoms with van der Waals surface area (Å²) in [7, 11) is 2.25. The molecule has 2 unspecified atom stereocenters. The van der Waals surface area contributed by atoms with Crippen LogP contribution >= 0.6 is 12.4 Å². The molecule has 2 nitrogen and oxygen atoms in total. The first kappa shape index (κ1) is 14.5. The van der Waals surface area contributed by atoms with Gasteiger partial charge in [-0.2, -0.15) is 0 Å². The molecule has 0 bridgehead atoms. The first-order valence-electron chi connectivity index (χ1n) is 6.23. The second kappa shape index (κ2) is 7.00. The van der Waals surface area contributed by atoms with Gasteiger partial charge in [0.1, 0.15) is 0 Å². The standard InChI is InChI=1S/C14H22N2.ClH/c1-12(13-6-4-3-5-7-13)11-16(2)14-8-9-15-10-14;/h3-7,12,14-15H,8-11H2,1-2H3;1H. The fourth-order valence-corrected chi connectivity index (χ4v) is 2.48. The van der Waals surface area contributed by atoms with Crippen LogP contribution in [0.1, 0.15) is 24.8 Å². The number of hydrogen-bond donors (Lipinski definition) is 1. The Morgan fingerprint density at radius 3 is 2.65 bits per heavy atom. The molecule has 0 amide bonds. The lowest BCUT2D eigenvalue weighted by molar-refractivity contribution is 0.245. The van der Waals surface area contributed by atoms with Crippen LogP contribution < -0.4 is 5.32 Å². The lowest BCUT2D eigenvalue weighted by atomic mass is 10.0. The Hall–Kier alpha value is -0.570. The monoisotopic (exact) mass is 254 g/mol. The molecule has 0 aromatic heterocycles. The minimum atomic E-state index is 0. The van der Waals surface area contributed by atoms with Crippen LogP contribution in [0.3, 0.4) is 0 Å². The van der Waals surface area contributed by atoms with Gasteiger partial charge in [0, 0.05) is 19.1 Å². The fraction of sp³-hybridized carbons (Fsp3) is 0.571. The smallest absolute Gasteiger partial charge is 0.0229 e. The number of likely N-dealkylation sites (N-methyl/N-ethyl adjacent to an activating group) is 1. The van der Waals surface area contributed by atoms with Crippen molar-refractivity contribution >= 4 is 12.4 Å². The number of benzene rings is 1. The Kier molecular flexibility index (Phi) is 5.96. The third-order valence-electron chi connectivity index (χ3n) is 3.59. The lowest BCUT2D eigenvalue weighted by Gasteiger charge is -2.26. The molecule has 3 heteroatoms. The van der Waals surface area contributed by atoms with Gasteiger partial charge >= 0.3 is 0 Å². The number of nitrogens with one attached hydrogen (secondary N) is 1. The van der Waals surface area contributed by atoms with E-state index in [1.54, 1.807) is 0 Å². The quantitative estimate of drug-likeness (QED) is 0.888. The maximum Gasteiger partial charge on any atom is 0.0229 e. The fourth-order valence-electron chi connectivity index (χ4n) is 2.48. The van der Waals surface area contributed by atoms with Crippen LogP contribution in [0.15, 0.2) is 30.3 Å². The summed E-state index contributed by atoms with van der Waals surface area (Å²) in [5, 5.41) is 3.42. The largest absolute Gasteiger partial charge is 0.315 e. The van der Waals surface area contributed by atoms with Crippen LogP contribution in [0.25, 0.3) is 0 Å². The van der Waals surface area contributed by atoms with E-state index >= 15 is 0 Å². The molecule has 17 heavy (non-hydrogen) atoms. The lowest BCUT2D eigenvalue weighted by Crippen LogP contribution is -2.35. The second-order valence-corrected chi connectivity index (χ2v) is 4.90. The minimum Gasteiger partial charge on any atom is -0.315 e. The second-order valence-electron chi connectivity index (χ2n) is 4.90. The van der Waals surface area contributed by atoms with E-state index in [4.69, 9.17) is 0 Å². The van der Waals surface area contributed by atoms with Crippen molar-refractivity contribution in [2.24, 2.45) is 0 Å². The molecule has 1 aromatic carbocycles. The first-order chi connectivity index (χ1) is 7.77. The summed E-state index contributed by atoms with van der Waals surface area (Å²) in [6.07, 6.45) is 1.29. The molecule has 96 valence electrons. The van der Waals surface area contributed by atoms with Gasteiger partial charge in [-0.05, 0) is 31.5 Å². The molecule has 2 atom stereocenters. The van der Waals surface area contributed by atoms with Crippen LogP contribution in [0.5, 0.6) is 0 Å². The first-order valence-corrected chi connectivity index (χ1v) is 6.23. The minimum absolute atomic E-state index is 0. The summed E-state index contributed by atoms with van der Waals surface area (Å²) in [4.78, 5) is 2.50. The van der Waals surface area contributed by atoms with Gasteiger partial charge < -0.3 is 10.2 Å². The number of halogens is 1. The van der Waals surface area contributed by atoms with Crippen LogP contribution in [0.2, 0.25) is 0 Å². The Morgan fingerprint density at radius 2 is 2.06 bits per heavy atom. The van der Waals surface area contributed by atoms with Crippen molar-refractivity contribution in [3.8, 4) is 0 Å². The van der Waals surface area contributed by atoms with Crippen molar-refractivity contribution in [2.45, 2.75) is 25.3 Å². The highest BCUT2D eigenvalue weighted by atomic mass is 35.5. The maximum atomic E-state index is 3.42. The third kappa shape index (κ3) is 3.98. The third-order valence-corrected chi connectivity index (χ3v) is 3.59. The predicted octanol–water partition coefficient (Wildman–Crippen LogP) is 2.51. The Balaban J connectivity index is 0.00000144. The zero-order valence-corrected chi connectivity index (χ0v) is 11.5. The summed E-state index contributed by atoms with van der Waals surface area (Å²) in [5.74, 6) is 0.617. The van der Waals surface area contributed by atoms with Gasteiger partial charge in [0.2, 0.25) is 0 Å². The molecule has 1 fully saturated rings. The van der Waals surface area contributed by atoms with Gasteiger partial charge in [0.05, 0.1) is 0 Å². The molecule has 1 heterocycles. The van der Waals surface area contributed by atoms with Gasteiger partial charge in [0.15, 0.2) is 0 Å². The van der Waals surface area contributed by atoms with Crippen LogP contribution in [0, 0.1) is 0 Å². The molecular weight excluding hydrogens is 232 g/mol. The van der Waals surface area contributed by atoms with E-state index in [2.05, 4.69) is 54.5 Å². The highest BCUT2D eigenvalue weighted by Gasteiger charge is 2.20. The van der Waals surface area contributed by atoms with E-state index in [0.717, 1.165) is 19.1 Å². The van der Waals surface area contributed by atoms with E-state index in [1.807, 2.05) is 0 Å². The summed E-state index contributed by atoms with van der Waals surface area (Å²) < 4.78 is 0. The molecule has 1 aliphatic heterocycles. The SMILES string of the molecule is CC(CN(C)C1CCNC1)c1ccccc1.Cl. The molecule has 1 saturated heterocycles. The number of rotatable bonds is 4. The Morgan fingerprint density at radius 1 is 1.35 bits per heavy atom. The molecule has 1 N–H and O–H groups in total. The topological polar surface area (TPSA) is 15.3 Å². The van der Waals surface area contributed by atoms with E-state index < -0.39 is 0 Å². The molecule has 0 saturated carbocycles. The highest BCUT2D eigenvalue weighted by Crippen LogP contribution is 2.17. The van der Waals surface area contributed by atoms with Crippen molar-refractivity contribution in [3.63, 3.8) is 0 Å². The molecule has 0 radical (unpaired) electrons. The summed E-state index contributed by atoms with van der Waals surface area (Å²) in [6, 6.07) is 11.5. The molecular formula is C14H23ClN2. The average Bonchev–Trinajstić information content (AvgIpc) is 2.83. The van der Waals surface area contributed by atoms with Crippen molar-refractivity contribution in [3.05, 3.63) is 35.9 Å². The normalized spacial score (nSPS) is 21.2. The maximum absolute atomic E-state index is 3.42. The van der Waals surface area contributed by atoms with Gasteiger partial charge in [-0.25, -0.2) is 0 Å². The van der Waals surface area contributed by atoms with Gasteiger partial charge in [0.25, 0.3) is 0 Å². The van der Waals surface area contributed by atoms with Gasteiger partial charge in [-0.3, -0.25) is 0 Å². The van der Waals surface area contributed by atoms with E-state index in [-0.39, 0.29) is 12.4 Å². The van der Waals surface area contributed by atoms with Crippen molar-refractivity contribution in [2.75, 3.05) is 26.7 Å². The average molecular weight is 255 g/mol. The highest BCUT2D eigenvalue weighted by molar-refractivity contribution is 5.85. The van der Waals surface area contributed by atoms with Crippen molar-refractivity contribution in [1.29, 1.82) is 0 Å². The molecule has 0 spiro atoms. The van der Waals surface area contributed by atoms with Crippen molar-refractivity contribution < 1.29 is 0 Å². The van der Waals surface area contributed by atoms with Crippen LogP contribution in [-0.2, 0) is 0 Å². The van der Waals surface area contributed by atoms with E-state index in [0.29, 0.717) is 5.92 Å².